The highest BCUT2D eigenvalue weighted by molar-refractivity contribution is 5.52. The lowest BCUT2D eigenvalue weighted by Crippen LogP contribution is -2.37. The Kier molecular flexibility index (Phi) is 5.45. The fourth-order valence-electron chi connectivity index (χ4n) is 3.96. The van der Waals surface area contributed by atoms with Gasteiger partial charge in [-0.25, -0.2) is 15.0 Å². The third-order valence-corrected chi connectivity index (χ3v) is 5.62. The minimum absolute atomic E-state index is 0.0601. The zero-order chi connectivity index (χ0) is 21.0. The van der Waals surface area contributed by atoms with E-state index in [1.807, 2.05) is 12.1 Å². The molecule has 0 spiro atoms. The van der Waals surface area contributed by atoms with Crippen LogP contribution in [-0.2, 0) is 4.74 Å². The smallest absolute Gasteiger partial charge is 0.321 e. The van der Waals surface area contributed by atoms with Crippen LogP contribution in [0.2, 0.25) is 0 Å². The standard InChI is InChI=1S/C20H23N9O2/c21-10-15-11-23-17(12-22-15)26-14-1-3-16(4-2-14)31-20-27-19(28-5-7-30-8-6-28)9-18-24-13-25-29(18)20/h9,11-14,16H,1-8H2,(H,23,26). The van der Waals surface area contributed by atoms with E-state index in [9.17, 15) is 0 Å². The summed E-state index contributed by atoms with van der Waals surface area (Å²) in [5, 5.41) is 16.5. The van der Waals surface area contributed by atoms with E-state index in [0.29, 0.717) is 36.8 Å². The van der Waals surface area contributed by atoms with E-state index in [1.165, 1.54) is 12.5 Å². The van der Waals surface area contributed by atoms with Crippen molar-refractivity contribution in [3.63, 3.8) is 0 Å². The molecule has 1 saturated carbocycles. The molecular formula is C20H23N9O2. The molecule has 5 rings (SSSR count). The highest BCUT2D eigenvalue weighted by Gasteiger charge is 2.25. The van der Waals surface area contributed by atoms with Gasteiger partial charge in [-0.1, -0.05) is 0 Å². The van der Waals surface area contributed by atoms with Gasteiger partial charge < -0.3 is 19.7 Å². The Balaban J connectivity index is 1.23. The van der Waals surface area contributed by atoms with Crippen LogP contribution in [0.15, 0.2) is 24.8 Å². The van der Waals surface area contributed by atoms with Gasteiger partial charge in [0, 0.05) is 25.2 Å². The first-order chi connectivity index (χ1) is 15.3. The van der Waals surface area contributed by atoms with E-state index in [0.717, 1.165) is 50.2 Å². The molecule has 0 bridgehead atoms. The van der Waals surface area contributed by atoms with Crippen molar-refractivity contribution in [3.8, 4) is 12.1 Å². The first-order valence-electron chi connectivity index (χ1n) is 10.5. The van der Waals surface area contributed by atoms with Gasteiger partial charge in [0.2, 0.25) is 0 Å². The summed E-state index contributed by atoms with van der Waals surface area (Å²) in [5.41, 5.74) is 1.04. The molecule has 11 heteroatoms. The van der Waals surface area contributed by atoms with Crippen LogP contribution in [0.3, 0.4) is 0 Å². The summed E-state index contributed by atoms with van der Waals surface area (Å²) in [6, 6.07) is 4.68. The molecule has 0 unspecified atom stereocenters. The summed E-state index contributed by atoms with van der Waals surface area (Å²) in [6.45, 7) is 2.98. The van der Waals surface area contributed by atoms with Gasteiger partial charge in [0.15, 0.2) is 11.3 Å². The highest BCUT2D eigenvalue weighted by Crippen LogP contribution is 2.26. The quantitative estimate of drug-likeness (QED) is 0.646. The van der Waals surface area contributed by atoms with Crippen molar-refractivity contribution >= 4 is 17.3 Å². The van der Waals surface area contributed by atoms with Crippen LogP contribution in [-0.4, -0.2) is 68.0 Å². The van der Waals surface area contributed by atoms with Crippen molar-refractivity contribution in [2.75, 3.05) is 36.5 Å². The Hall–Kier alpha value is -3.52. The van der Waals surface area contributed by atoms with Crippen LogP contribution < -0.4 is 15.0 Å². The third-order valence-electron chi connectivity index (χ3n) is 5.62. The Labute approximate surface area is 179 Å². The lowest BCUT2D eigenvalue weighted by molar-refractivity contribution is 0.121. The number of nitrogens with zero attached hydrogens (tertiary/aromatic N) is 8. The van der Waals surface area contributed by atoms with E-state index >= 15 is 0 Å². The molecule has 3 aromatic heterocycles. The van der Waals surface area contributed by atoms with Crippen molar-refractivity contribution in [1.29, 1.82) is 5.26 Å². The molecule has 1 saturated heterocycles. The maximum absolute atomic E-state index is 8.83. The number of aromatic nitrogens is 6. The number of hydrogen-bond acceptors (Lipinski definition) is 10. The summed E-state index contributed by atoms with van der Waals surface area (Å²) >= 11 is 0. The van der Waals surface area contributed by atoms with Crippen molar-refractivity contribution in [2.24, 2.45) is 0 Å². The van der Waals surface area contributed by atoms with E-state index < -0.39 is 0 Å². The second kappa shape index (κ2) is 8.69. The summed E-state index contributed by atoms with van der Waals surface area (Å²) in [5.74, 6) is 1.53. The normalized spacial score (nSPS) is 21.6. The van der Waals surface area contributed by atoms with Gasteiger partial charge >= 0.3 is 6.01 Å². The van der Waals surface area contributed by atoms with E-state index in [-0.39, 0.29) is 6.10 Å². The zero-order valence-electron chi connectivity index (χ0n) is 17.0. The van der Waals surface area contributed by atoms with Crippen molar-refractivity contribution in [1.82, 2.24) is 29.5 Å². The van der Waals surface area contributed by atoms with Gasteiger partial charge in [-0.15, -0.1) is 0 Å². The number of fused-ring (bicyclic) bond motifs is 1. The van der Waals surface area contributed by atoms with Crippen LogP contribution in [0.25, 0.3) is 5.65 Å². The minimum Gasteiger partial charge on any atom is -0.460 e. The molecule has 1 N–H and O–H groups in total. The molecule has 2 fully saturated rings. The van der Waals surface area contributed by atoms with Crippen molar-refractivity contribution in [2.45, 2.75) is 37.8 Å². The Morgan fingerprint density at radius 2 is 1.94 bits per heavy atom. The van der Waals surface area contributed by atoms with E-state index in [2.05, 4.69) is 30.3 Å². The summed E-state index contributed by atoms with van der Waals surface area (Å²) in [7, 11) is 0. The molecule has 0 amide bonds. The predicted molar refractivity (Wildman–Crippen MR) is 111 cm³/mol. The SMILES string of the molecule is N#Cc1cnc(NC2CCC(Oc3nc(N4CCOCC4)cc4ncnn34)CC2)cn1. The predicted octanol–water partition coefficient (Wildman–Crippen LogP) is 1.42. The highest BCUT2D eigenvalue weighted by atomic mass is 16.5. The molecule has 11 nitrogen and oxygen atoms in total. The maximum Gasteiger partial charge on any atom is 0.321 e. The van der Waals surface area contributed by atoms with Gasteiger partial charge in [0.25, 0.3) is 0 Å². The monoisotopic (exact) mass is 421 g/mol. The number of nitriles is 1. The molecule has 2 aliphatic rings. The number of anilines is 2. The molecule has 31 heavy (non-hydrogen) atoms. The van der Waals surface area contributed by atoms with Crippen molar-refractivity contribution in [3.05, 3.63) is 30.5 Å². The second-order valence-electron chi connectivity index (χ2n) is 7.66. The third kappa shape index (κ3) is 4.34. The van der Waals surface area contributed by atoms with Crippen LogP contribution in [0.1, 0.15) is 31.4 Å². The molecule has 4 heterocycles. The first-order valence-corrected chi connectivity index (χ1v) is 10.5. The number of ether oxygens (including phenoxy) is 2. The Bertz CT molecular complexity index is 1060. The van der Waals surface area contributed by atoms with E-state index in [1.54, 1.807) is 10.7 Å². The van der Waals surface area contributed by atoms with Crippen LogP contribution in [0.5, 0.6) is 6.01 Å². The van der Waals surface area contributed by atoms with Crippen LogP contribution in [0.4, 0.5) is 11.6 Å². The molecule has 1 aliphatic carbocycles. The van der Waals surface area contributed by atoms with Crippen LogP contribution in [0, 0.1) is 11.3 Å². The number of nitrogens with one attached hydrogen (secondary N) is 1. The number of hydrogen-bond donors (Lipinski definition) is 1. The van der Waals surface area contributed by atoms with Crippen molar-refractivity contribution < 1.29 is 9.47 Å². The molecule has 0 radical (unpaired) electrons. The molecule has 3 aromatic rings. The molecule has 1 aliphatic heterocycles. The fraction of sp³-hybridized carbons (Fsp3) is 0.500. The van der Waals surface area contributed by atoms with Gasteiger partial charge in [-0.3, -0.25) is 0 Å². The largest absolute Gasteiger partial charge is 0.460 e. The zero-order valence-corrected chi connectivity index (χ0v) is 17.0. The number of morpholine rings is 1. The fourth-order valence-corrected chi connectivity index (χ4v) is 3.96. The van der Waals surface area contributed by atoms with Crippen LogP contribution >= 0.6 is 0 Å². The average Bonchev–Trinajstić information content (AvgIpc) is 3.31. The maximum atomic E-state index is 8.83. The Morgan fingerprint density at radius 3 is 2.68 bits per heavy atom. The van der Waals surface area contributed by atoms with Gasteiger partial charge in [-0.05, 0) is 25.7 Å². The van der Waals surface area contributed by atoms with Gasteiger partial charge in [0.05, 0.1) is 25.6 Å². The summed E-state index contributed by atoms with van der Waals surface area (Å²) < 4.78 is 13.4. The molecule has 160 valence electrons. The molecule has 0 aromatic carbocycles. The Morgan fingerprint density at radius 1 is 1.10 bits per heavy atom. The lowest BCUT2D eigenvalue weighted by Gasteiger charge is -2.30. The molecule has 0 atom stereocenters. The van der Waals surface area contributed by atoms with E-state index in [4.69, 9.17) is 19.7 Å². The number of rotatable bonds is 5. The first kappa shape index (κ1) is 19.4. The van der Waals surface area contributed by atoms with Gasteiger partial charge in [0.1, 0.15) is 30.1 Å². The van der Waals surface area contributed by atoms with Gasteiger partial charge in [-0.2, -0.15) is 19.9 Å². The second-order valence-corrected chi connectivity index (χ2v) is 7.66. The molecular weight excluding hydrogens is 398 g/mol. The summed E-state index contributed by atoms with van der Waals surface area (Å²) in [6.07, 6.45) is 8.32. The summed E-state index contributed by atoms with van der Waals surface area (Å²) in [4.78, 5) is 19.6. The minimum atomic E-state index is 0.0601. The topological polar surface area (TPSA) is 126 Å². The lowest BCUT2D eigenvalue weighted by atomic mass is 9.93. The average molecular weight is 421 g/mol.